The van der Waals surface area contributed by atoms with Crippen molar-refractivity contribution in [3.8, 4) is 0 Å². The number of carbonyl (C=O) groups is 1. The van der Waals surface area contributed by atoms with Gasteiger partial charge in [0.1, 0.15) is 23.0 Å². The van der Waals surface area contributed by atoms with Crippen LogP contribution in [0.5, 0.6) is 0 Å². The van der Waals surface area contributed by atoms with Gasteiger partial charge in [-0.15, -0.1) is 0 Å². The molecule has 0 radical (unpaired) electrons. The number of hydrogen-bond donors (Lipinski definition) is 2. The highest BCUT2D eigenvalue weighted by Crippen LogP contribution is 2.14. The number of benzene rings is 1. The first-order valence-electron chi connectivity index (χ1n) is 6.35. The Bertz CT molecular complexity index is 654. The number of aryl methyl sites for hydroxylation is 1. The Hall–Kier alpha value is -2.50. The highest BCUT2D eigenvalue weighted by molar-refractivity contribution is 5.93. The number of rotatable bonds is 5. The molecule has 0 aliphatic carbocycles. The van der Waals surface area contributed by atoms with Crippen molar-refractivity contribution in [2.45, 2.75) is 13.3 Å². The molecule has 2 rings (SSSR count). The van der Waals surface area contributed by atoms with Crippen molar-refractivity contribution < 1.29 is 18.7 Å². The molecule has 2 aromatic rings. The molecular weight excluding hydrogens is 278 g/mol. The topological polar surface area (TPSA) is 62.2 Å². The van der Waals surface area contributed by atoms with E-state index < -0.39 is 17.6 Å². The van der Waals surface area contributed by atoms with E-state index in [0.717, 1.165) is 6.07 Å². The summed E-state index contributed by atoms with van der Waals surface area (Å²) >= 11 is 0. The molecule has 0 aliphatic rings. The molecular formula is C15H14F2N2O2. The standard InChI is InChI=1S/C15H14F2N2O2/c1-9-2-3-13(15(20)21)14(19-9)18-5-4-10-6-11(16)8-12(17)7-10/h2-3,6-8H,4-5H2,1H3,(H,18,19)(H,20,21). The summed E-state index contributed by atoms with van der Waals surface area (Å²) in [5, 5.41) is 12.0. The molecule has 0 aliphatic heterocycles. The van der Waals surface area contributed by atoms with Crippen LogP contribution in [0.4, 0.5) is 14.6 Å². The van der Waals surface area contributed by atoms with E-state index >= 15 is 0 Å². The molecule has 1 aromatic carbocycles. The lowest BCUT2D eigenvalue weighted by atomic mass is 10.1. The summed E-state index contributed by atoms with van der Waals surface area (Å²) in [7, 11) is 0. The maximum atomic E-state index is 13.1. The molecule has 21 heavy (non-hydrogen) atoms. The molecule has 0 fully saturated rings. The molecule has 0 atom stereocenters. The van der Waals surface area contributed by atoms with E-state index in [0.29, 0.717) is 24.2 Å². The molecule has 1 heterocycles. The summed E-state index contributed by atoms with van der Waals surface area (Å²) in [6.45, 7) is 2.07. The van der Waals surface area contributed by atoms with Crippen molar-refractivity contribution in [2.24, 2.45) is 0 Å². The lowest BCUT2D eigenvalue weighted by Crippen LogP contribution is -2.12. The SMILES string of the molecule is Cc1ccc(C(=O)O)c(NCCc2cc(F)cc(F)c2)n1. The van der Waals surface area contributed by atoms with Gasteiger partial charge in [-0.25, -0.2) is 18.6 Å². The maximum Gasteiger partial charge on any atom is 0.339 e. The first-order valence-corrected chi connectivity index (χ1v) is 6.35. The molecule has 0 saturated heterocycles. The maximum absolute atomic E-state index is 13.1. The van der Waals surface area contributed by atoms with Crippen LogP contribution in [0.2, 0.25) is 0 Å². The Morgan fingerprint density at radius 3 is 2.52 bits per heavy atom. The largest absolute Gasteiger partial charge is 0.478 e. The number of pyridine rings is 1. The number of carboxylic acids is 1. The van der Waals surface area contributed by atoms with Crippen LogP contribution in [-0.2, 0) is 6.42 Å². The van der Waals surface area contributed by atoms with Gasteiger partial charge >= 0.3 is 5.97 Å². The van der Waals surface area contributed by atoms with Gasteiger partial charge in [0.15, 0.2) is 0 Å². The van der Waals surface area contributed by atoms with Crippen molar-refractivity contribution in [2.75, 3.05) is 11.9 Å². The second kappa shape index (κ2) is 6.30. The Morgan fingerprint density at radius 2 is 1.90 bits per heavy atom. The van der Waals surface area contributed by atoms with Gasteiger partial charge in [-0.3, -0.25) is 0 Å². The van der Waals surface area contributed by atoms with Gasteiger partial charge < -0.3 is 10.4 Å². The zero-order valence-corrected chi connectivity index (χ0v) is 11.4. The lowest BCUT2D eigenvalue weighted by molar-refractivity contribution is 0.0697. The number of halogens is 2. The second-order valence-corrected chi connectivity index (χ2v) is 4.61. The van der Waals surface area contributed by atoms with Crippen LogP contribution in [0.25, 0.3) is 0 Å². The van der Waals surface area contributed by atoms with E-state index in [-0.39, 0.29) is 11.4 Å². The summed E-state index contributed by atoms with van der Waals surface area (Å²) in [5.41, 5.74) is 1.23. The number of aromatic nitrogens is 1. The molecule has 2 N–H and O–H groups in total. The number of hydrogen-bond acceptors (Lipinski definition) is 3. The zero-order chi connectivity index (χ0) is 15.4. The van der Waals surface area contributed by atoms with Crippen molar-refractivity contribution in [3.05, 3.63) is 58.8 Å². The molecule has 6 heteroatoms. The predicted octanol–water partition coefficient (Wildman–Crippen LogP) is 3.02. The van der Waals surface area contributed by atoms with E-state index in [1.54, 1.807) is 13.0 Å². The van der Waals surface area contributed by atoms with Gasteiger partial charge in [0.2, 0.25) is 0 Å². The van der Waals surface area contributed by atoms with E-state index in [4.69, 9.17) is 5.11 Å². The normalized spacial score (nSPS) is 10.4. The highest BCUT2D eigenvalue weighted by atomic mass is 19.1. The Labute approximate surface area is 120 Å². The van der Waals surface area contributed by atoms with Crippen molar-refractivity contribution in [1.82, 2.24) is 4.98 Å². The van der Waals surface area contributed by atoms with Crippen molar-refractivity contribution >= 4 is 11.8 Å². The number of aromatic carboxylic acids is 1. The van der Waals surface area contributed by atoms with E-state index in [1.165, 1.54) is 18.2 Å². The average molecular weight is 292 g/mol. The summed E-state index contributed by atoms with van der Waals surface area (Å²) in [6, 6.07) is 6.37. The van der Waals surface area contributed by atoms with Crippen LogP contribution in [0.15, 0.2) is 30.3 Å². The summed E-state index contributed by atoms with van der Waals surface area (Å²) < 4.78 is 26.1. The van der Waals surface area contributed by atoms with Gasteiger partial charge in [0, 0.05) is 18.3 Å². The minimum atomic E-state index is -1.08. The van der Waals surface area contributed by atoms with Gasteiger partial charge in [-0.1, -0.05) is 0 Å². The van der Waals surface area contributed by atoms with Crippen LogP contribution >= 0.6 is 0 Å². The average Bonchev–Trinajstić information content (AvgIpc) is 2.37. The van der Waals surface area contributed by atoms with E-state index in [9.17, 15) is 13.6 Å². The van der Waals surface area contributed by atoms with Crippen LogP contribution in [0, 0.1) is 18.6 Å². The molecule has 0 bridgehead atoms. The smallest absolute Gasteiger partial charge is 0.339 e. The van der Waals surface area contributed by atoms with Crippen LogP contribution in [-0.4, -0.2) is 22.6 Å². The fourth-order valence-electron chi connectivity index (χ4n) is 1.94. The fourth-order valence-corrected chi connectivity index (χ4v) is 1.94. The van der Waals surface area contributed by atoms with Gasteiger partial charge in [0.05, 0.1) is 0 Å². The van der Waals surface area contributed by atoms with Gasteiger partial charge in [-0.05, 0) is 43.2 Å². The second-order valence-electron chi connectivity index (χ2n) is 4.61. The molecule has 0 spiro atoms. The Morgan fingerprint density at radius 1 is 1.24 bits per heavy atom. The van der Waals surface area contributed by atoms with Gasteiger partial charge in [0.25, 0.3) is 0 Å². The fraction of sp³-hybridized carbons (Fsp3) is 0.200. The minimum absolute atomic E-state index is 0.0611. The minimum Gasteiger partial charge on any atom is -0.478 e. The number of carboxylic acid groups (broad SMARTS) is 1. The molecule has 0 unspecified atom stereocenters. The van der Waals surface area contributed by atoms with E-state index in [1.807, 2.05) is 0 Å². The van der Waals surface area contributed by atoms with Crippen molar-refractivity contribution in [1.29, 1.82) is 0 Å². The summed E-state index contributed by atoms with van der Waals surface area (Å²) in [5.74, 6) is -2.10. The first kappa shape index (κ1) is 14.9. The molecule has 1 aromatic heterocycles. The summed E-state index contributed by atoms with van der Waals surface area (Å²) in [6.07, 6.45) is 0.351. The third-order valence-electron chi connectivity index (χ3n) is 2.89. The highest BCUT2D eigenvalue weighted by Gasteiger charge is 2.11. The zero-order valence-electron chi connectivity index (χ0n) is 11.4. The molecule has 0 saturated carbocycles. The van der Waals surface area contributed by atoms with Crippen molar-refractivity contribution in [3.63, 3.8) is 0 Å². The van der Waals surface area contributed by atoms with Crippen LogP contribution in [0.1, 0.15) is 21.6 Å². The third kappa shape index (κ3) is 3.98. The number of nitrogens with zero attached hydrogens (tertiary/aromatic N) is 1. The monoisotopic (exact) mass is 292 g/mol. The molecule has 110 valence electrons. The number of anilines is 1. The van der Waals surface area contributed by atoms with Gasteiger partial charge in [-0.2, -0.15) is 0 Å². The van der Waals surface area contributed by atoms with Crippen LogP contribution in [0.3, 0.4) is 0 Å². The molecule has 4 nitrogen and oxygen atoms in total. The number of nitrogens with one attached hydrogen (secondary N) is 1. The van der Waals surface area contributed by atoms with Crippen LogP contribution < -0.4 is 5.32 Å². The Balaban J connectivity index is 2.06. The first-order chi connectivity index (χ1) is 9.95. The Kier molecular flexibility index (Phi) is 4.47. The van der Waals surface area contributed by atoms with E-state index in [2.05, 4.69) is 10.3 Å². The third-order valence-corrected chi connectivity index (χ3v) is 2.89. The molecule has 0 amide bonds. The lowest BCUT2D eigenvalue weighted by Gasteiger charge is -2.09. The summed E-state index contributed by atoms with van der Waals surface area (Å²) in [4.78, 5) is 15.2. The predicted molar refractivity (Wildman–Crippen MR) is 74.5 cm³/mol. The quantitative estimate of drug-likeness (QED) is 0.889.